The largest absolute Gasteiger partial charge is 0 e. The average molecular weight is 1030 g/mol. The SMILES string of the molecule is CC(C)(C)c1ccc(-n2c(-c3[c-]cc4c(c3)sc3ccccc34)nc3ccccc32)cc1.CC(C)Cc1cc(-c2[c-]ccc(-c3ccccc3)c2)nc[c]1[Ge]([CH3])([CH3])[CH3].[Ir]. The molecule has 0 saturated heterocycles. The Labute approximate surface area is 370 Å². The van der Waals surface area contributed by atoms with Crippen molar-refractivity contribution in [3.05, 3.63) is 169 Å². The number of aromatic nitrogens is 3. The van der Waals surface area contributed by atoms with Gasteiger partial charge in [-0.3, -0.25) is 4.98 Å². The predicted octanol–water partition coefficient (Wildman–Crippen LogP) is 14.1. The molecule has 6 aromatic carbocycles. The quantitative estimate of drug-likeness (QED) is 0.118. The van der Waals surface area contributed by atoms with Gasteiger partial charge in [0.2, 0.25) is 0 Å². The van der Waals surface area contributed by atoms with Crippen LogP contribution in [0.1, 0.15) is 45.7 Å². The minimum absolute atomic E-state index is 0. The predicted molar refractivity (Wildman–Crippen MR) is 252 cm³/mol. The smallest absolute Gasteiger partial charge is 0 e. The fourth-order valence-electron chi connectivity index (χ4n) is 7.72. The second-order valence-electron chi connectivity index (χ2n) is 17.7. The van der Waals surface area contributed by atoms with Gasteiger partial charge in [0.1, 0.15) is 0 Å². The summed E-state index contributed by atoms with van der Waals surface area (Å²) in [6.45, 7) is 11.3. The number of rotatable bonds is 7. The third kappa shape index (κ3) is 9.25. The third-order valence-electron chi connectivity index (χ3n) is 10.7. The molecule has 299 valence electrons. The van der Waals surface area contributed by atoms with E-state index in [1.807, 2.05) is 23.5 Å². The van der Waals surface area contributed by atoms with Crippen LogP contribution in [0.25, 0.3) is 70.7 Å². The van der Waals surface area contributed by atoms with Crippen LogP contribution in [0.2, 0.25) is 17.3 Å². The normalized spacial score (nSPS) is 11.8. The Kier molecular flexibility index (Phi) is 12.6. The molecule has 0 N–H and O–H groups in total. The van der Waals surface area contributed by atoms with E-state index >= 15 is 0 Å². The molecule has 3 aromatic heterocycles. The van der Waals surface area contributed by atoms with E-state index in [0.717, 1.165) is 45.8 Å². The molecule has 3 nitrogen and oxygen atoms in total. The summed E-state index contributed by atoms with van der Waals surface area (Å²) >= 11 is -0.106. The maximum atomic E-state index is 5.03. The maximum absolute atomic E-state index is 5.03. The molecule has 0 saturated carbocycles. The van der Waals surface area contributed by atoms with Crippen molar-refractivity contribution in [3.8, 4) is 39.5 Å². The van der Waals surface area contributed by atoms with Crippen molar-refractivity contribution in [1.82, 2.24) is 14.5 Å². The summed E-state index contributed by atoms with van der Waals surface area (Å²) in [5, 5.41) is 2.55. The molecule has 0 aliphatic rings. The molecule has 9 aromatic rings. The van der Waals surface area contributed by atoms with Gasteiger partial charge in [0.25, 0.3) is 0 Å². The molecule has 59 heavy (non-hydrogen) atoms. The van der Waals surface area contributed by atoms with E-state index < -0.39 is 13.3 Å². The van der Waals surface area contributed by atoms with Gasteiger partial charge in [0.05, 0.1) is 16.9 Å². The molecule has 3 heterocycles. The van der Waals surface area contributed by atoms with Crippen LogP contribution in [0.5, 0.6) is 0 Å². The van der Waals surface area contributed by atoms with E-state index in [1.54, 1.807) is 0 Å². The fraction of sp³-hybridized carbons (Fsp3) is 0.208. The molecular formula is C53H51GeIrN3S-2. The van der Waals surface area contributed by atoms with Gasteiger partial charge in [-0.25, -0.2) is 0 Å². The van der Waals surface area contributed by atoms with Crippen molar-refractivity contribution in [1.29, 1.82) is 0 Å². The minimum atomic E-state index is -1.93. The van der Waals surface area contributed by atoms with E-state index in [1.165, 1.54) is 46.8 Å². The van der Waals surface area contributed by atoms with E-state index in [0.29, 0.717) is 5.92 Å². The van der Waals surface area contributed by atoms with Gasteiger partial charge < -0.3 is 4.57 Å². The first-order chi connectivity index (χ1) is 27.8. The first-order valence-electron chi connectivity index (χ1n) is 20.3. The average Bonchev–Trinajstić information content (AvgIpc) is 3.79. The number of thiophene rings is 1. The minimum Gasteiger partial charge on any atom is 0 e. The van der Waals surface area contributed by atoms with Crippen LogP contribution in [-0.2, 0) is 31.9 Å². The Morgan fingerprint density at radius 2 is 1.42 bits per heavy atom. The van der Waals surface area contributed by atoms with Crippen LogP contribution < -0.4 is 4.40 Å². The molecule has 0 aliphatic carbocycles. The molecule has 0 amide bonds. The molecule has 0 aliphatic heterocycles. The van der Waals surface area contributed by atoms with Crippen LogP contribution in [-0.4, -0.2) is 27.8 Å². The van der Waals surface area contributed by atoms with Crippen molar-refractivity contribution >= 4 is 60.2 Å². The number of imidazole rings is 1. The van der Waals surface area contributed by atoms with Crippen LogP contribution >= 0.6 is 11.3 Å². The Morgan fingerprint density at radius 1 is 0.712 bits per heavy atom. The van der Waals surface area contributed by atoms with Gasteiger partial charge in [-0.15, -0.1) is 23.8 Å². The van der Waals surface area contributed by atoms with Crippen LogP contribution in [0.15, 0.2) is 146 Å². The van der Waals surface area contributed by atoms with Gasteiger partial charge in [0.15, 0.2) is 0 Å². The second-order valence-corrected chi connectivity index (χ2v) is 29.4. The number of pyridine rings is 1. The van der Waals surface area contributed by atoms with Crippen molar-refractivity contribution in [2.24, 2.45) is 5.92 Å². The van der Waals surface area contributed by atoms with Crippen molar-refractivity contribution in [3.63, 3.8) is 0 Å². The summed E-state index contributed by atoms with van der Waals surface area (Å²) in [4.78, 5) is 9.86. The monoisotopic (exact) mass is 1030 g/mol. The van der Waals surface area contributed by atoms with E-state index in [9.17, 15) is 0 Å². The van der Waals surface area contributed by atoms with Gasteiger partial charge in [-0.05, 0) is 51.4 Å². The van der Waals surface area contributed by atoms with Crippen molar-refractivity contribution in [2.45, 2.75) is 63.7 Å². The number of nitrogens with zero attached hydrogens (tertiary/aromatic N) is 3. The second kappa shape index (κ2) is 17.5. The molecule has 0 atom stereocenters. The van der Waals surface area contributed by atoms with Gasteiger partial charge >= 0.3 is 161 Å². The van der Waals surface area contributed by atoms with E-state index in [2.05, 4.69) is 202 Å². The summed E-state index contributed by atoms with van der Waals surface area (Å²) in [5.41, 5.74) is 11.7. The van der Waals surface area contributed by atoms with Gasteiger partial charge in [-0.2, -0.15) is 11.3 Å². The van der Waals surface area contributed by atoms with Crippen LogP contribution in [0, 0.1) is 18.1 Å². The molecule has 0 bridgehead atoms. The Morgan fingerprint density at radius 3 is 2.15 bits per heavy atom. The number of hydrogen-bond acceptors (Lipinski definition) is 3. The van der Waals surface area contributed by atoms with E-state index in [-0.39, 0.29) is 25.5 Å². The molecule has 9 rings (SSSR count). The number of fused-ring (bicyclic) bond motifs is 4. The zero-order chi connectivity index (χ0) is 40.6. The molecule has 0 fully saturated rings. The summed E-state index contributed by atoms with van der Waals surface area (Å²) < 4.78 is 6.36. The summed E-state index contributed by atoms with van der Waals surface area (Å²) in [5.74, 6) is 8.91. The fourth-order valence-corrected chi connectivity index (χ4v) is 12.2. The van der Waals surface area contributed by atoms with E-state index in [4.69, 9.17) is 9.97 Å². The molecule has 1 radical (unpaired) electrons. The summed E-state index contributed by atoms with van der Waals surface area (Å²) in [6, 6.07) is 56.2. The first kappa shape index (κ1) is 42.5. The zero-order valence-corrected chi connectivity index (χ0v) is 40.5. The Hall–Kier alpha value is -4.65. The van der Waals surface area contributed by atoms with Gasteiger partial charge in [0, 0.05) is 30.5 Å². The number of hydrogen-bond donors (Lipinski definition) is 0. The van der Waals surface area contributed by atoms with Crippen LogP contribution in [0.3, 0.4) is 0 Å². The Bertz CT molecular complexity index is 2860. The molecule has 6 heteroatoms. The standard InChI is InChI=1S/C29H23N2S.C24H28GeN.Ir/c1-29(2,3)20-13-15-21(16-14-20)31-25-10-6-5-9-24(25)30-28(31)19-12-17-23-22-8-4-7-11-26(22)32-27(23)18-19;1-18(2)14-22-16-24(26-17-23(22)25(3,4)5)21-13-9-12-20(15-21)19-10-7-6-8-11-19;/h4-11,13-18H,1-3H3;6-12,15-18H,14H2,1-5H3;/q2*-1;. The third-order valence-corrected chi connectivity index (χ3v) is 16.2. The summed E-state index contributed by atoms with van der Waals surface area (Å²) in [7, 11) is 0. The molecular weight excluding hydrogens is 975 g/mol. The van der Waals surface area contributed by atoms with Crippen molar-refractivity contribution < 1.29 is 20.1 Å². The number of para-hydroxylation sites is 2. The maximum Gasteiger partial charge on any atom is 0 e. The van der Waals surface area contributed by atoms with Crippen LogP contribution in [0.4, 0.5) is 0 Å². The first-order valence-corrected chi connectivity index (χ1v) is 28.5. The Balaban J connectivity index is 0.000000180. The van der Waals surface area contributed by atoms with Gasteiger partial charge in [-0.1, -0.05) is 68.6 Å². The number of benzene rings is 6. The van der Waals surface area contributed by atoms with Crippen molar-refractivity contribution in [2.75, 3.05) is 0 Å². The summed E-state index contributed by atoms with van der Waals surface area (Å²) in [6.07, 6.45) is 3.27. The molecule has 0 unspecified atom stereocenters. The topological polar surface area (TPSA) is 30.7 Å². The molecule has 0 spiro atoms. The zero-order valence-electron chi connectivity index (χ0n) is 35.2.